The van der Waals surface area contributed by atoms with Gasteiger partial charge in [0.05, 0.1) is 38.2 Å². The minimum absolute atomic E-state index is 0.174. The van der Waals surface area contributed by atoms with Gasteiger partial charge in [-0.05, 0) is 56.2 Å². The van der Waals surface area contributed by atoms with E-state index in [0.29, 0.717) is 30.1 Å². The third kappa shape index (κ3) is 4.94. The Bertz CT molecular complexity index is 1900. The second-order valence-corrected chi connectivity index (χ2v) is 12.4. The van der Waals surface area contributed by atoms with Crippen molar-refractivity contribution in [2.45, 2.75) is 30.6 Å². The van der Waals surface area contributed by atoms with E-state index in [1.807, 2.05) is 65.3 Å². The molecule has 1 atom stereocenters. The summed E-state index contributed by atoms with van der Waals surface area (Å²) in [7, 11) is -1.23. The van der Waals surface area contributed by atoms with Gasteiger partial charge in [-0.3, -0.25) is 4.79 Å². The lowest BCUT2D eigenvalue weighted by Gasteiger charge is -2.30. The number of hydrogen-bond donors (Lipinski definition) is 1. The number of amides is 1. The average molecular weight is 583 g/mol. The third-order valence-corrected chi connectivity index (χ3v) is 9.67. The van der Waals surface area contributed by atoms with Gasteiger partial charge in [0.2, 0.25) is 0 Å². The van der Waals surface area contributed by atoms with E-state index in [0.717, 1.165) is 44.9 Å². The fraction of sp³-hybridized carbons (Fsp3) is 0.207. The summed E-state index contributed by atoms with van der Waals surface area (Å²) in [6.07, 6.45) is 6.54. The molecule has 206 valence electrons. The minimum Gasteiger partial charge on any atom is -0.306 e. The largest absolute Gasteiger partial charge is 0.306 e. The number of carbonyl (C=O) groups is 1. The summed E-state index contributed by atoms with van der Waals surface area (Å²) in [6.45, 7) is 3.41. The SMILES string of the molecule is Cc1ccc(-n2nc(C3CCN(S(=O)c4ccc5ncsc5c4)CC3)cc2NC(=O)c2cnn3cccnc23)cc1. The number of aromatic nitrogens is 6. The molecular formula is C29H26N8O2S2. The highest BCUT2D eigenvalue weighted by molar-refractivity contribution is 7.82. The minimum atomic E-state index is -1.23. The number of piperidine rings is 1. The standard InChI is InChI=1S/C29H26N8O2S2/c1-19-3-5-21(6-4-19)37-27(33-29(38)23-17-32-36-12-2-11-30-28(23)36)16-25(34-37)20-9-13-35(14-10-20)41(39)22-7-8-24-26(15-22)40-18-31-24/h2-8,11-12,15-18,20H,9-10,13-14H2,1H3,(H,33,38). The lowest BCUT2D eigenvalue weighted by Crippen LogP contribution is -2.34. The molecule has 1 aliphatic heterocycles. The predicted molar refractivity (Wildman–Crippen MR) is 159 cm³/mol. The number of nitrogens with zero attached hydrogens (tertiary/aromatic N) is 7. The molecule has 0 saturated carbocycles. The molecule has 1 N–H and O–H groups in total. The first-order valence-corrected chi connectivity index (χ1v) is 15.3. The number of hydrogen-bond acceptors (Lipinski definition) is 7. The van der Waals surface area contributed by atoms with Crippen molar-refractivity contribution in [2.24, 2.45) is 0 Å². The van der Waals surface area contributed by atoms with Crippen molar-refractivity contribution >= 4 is 49.9 Å². The zero-order valence-corrected chi connectivity index (χ0v) is 23.8. The molecule has 2 aromatic carbocycles. The summed E-state index contributed by atoms with van der Waals surface area (Å²) in [5, 5.41) is 12.2. The van der Waals surface area contributed by atoms with E-state index in [4.69, 9.17) is 5.10 Å². The number of carbonyl (C=O) groups excluding carboxylic acids is 1. The van der Waals surface area contributed by atoms with Crippen molar-refractivity contribution in [1.29, 1.82) is 0 Å². The van der Waals surface area contributed by atoms with Gasteiger partial charge in [0, 0.05) is 37.5 Å². The van der Waals surface area contributed by atoms with Crippen LogP contribution in [0.25, 0.3) is 21.6 Å². The van der Waals surface area contributed by atoms with Crippen molar-refractivity contribution in [3.05, 3.63) is 95.5 Å². The Morgan fingerprint density at radius 1 is 1.07 bits per heavy atom. The van der Waals surface area contributed by atoms with Crippen LogP contribution in [0.5, 0.6) is 0 Å². The van der Waals surface area contributed by atoms with Crippen LogP contribution in [0.15, 0.2) is 83.6 Å². The maximum Gasteiger partial charge on any atom is 0.262 e. The van der Waals surface area contributed by atoms with E-state index in [-0.39, 0.29) is 11.8 Å². The van der Waals surface area contributed by atoms with Gasteiger partial charge in [-0.25, -0.2) is 27.7 Å². The maximum atomic E-state index is 13.3. The molecule has 0 radical (unpaired) electrons. The monoisotopic (exact) mass is 582 g/mol. The Hall–Kier alpha value is -4.26. The van der Waals surface area contributed by atoms with Crippen molar-refractivity contribution in [3.8, 4) is 5.69 Å². The Morgan fingerprint density at radius 2 is 1.90 bits per heavy atom. The fourth-order valence-electron chi connectivity index (χ4n) is 5.15. The Kier molecular flexibility index (Phi) is 6.65. The highest BCUT2D eigenvalue weighted by Gasteiger charge is 2.28. The van der Waals surface area contributed by atoms with Gasteiger partial charge in [-0.2, -0.15) is 10.2 Å². The third-order valence-electron chi connectivity index (χ3n) is 7.38. The van der Waals surface area contributed by atoms with Crippen molar-refractivity contribution < 1.29 is 9.00 Å². The van der Waals surface area contributed by atoms with E-state index in [2.05, 4.69) is 20.4 Å². The van der Waals surface area contributed by atoms with Crippen LogP contribution in [0, 0.1) is 6.92 Å². The molecule has 12 heteroatoms. The second kappa shape index (κ2) is 10.6. The number of rotatable bonds is 6. The number of benzene rings is 2. The Morgan fingerprint density at radius 3 is 2.73 bits per heavy atom. The van der Waals surface area contributed by atoms with Crippen LogP contribution < -0.4 is 5.32 Å². The molecule has 7 rings (SSSR count). The van der Waals surface area contributed by atoms with Gasteiger partial charge < -0.3 is 5.32 Å². The zero-order chi connectivity index (χ0) is 27.9. The molecule has 4 aromatic heterocycles. The van der Waals surface area contributed by atoms with Crippen molar-refractivity contribution in [2.75, 3.05) is 18.4 Å². The summed E-state index contributed by atoms with van der Waals surface area (Å²) in [4.78, 5) is 22.8. The molecule has 0 bridgehead atoms. The van der Waals surface area contributed by atoms with Crippen LogP contribution in [0.2, 0.25) is 0 Å². The summed E-state index contributed by atoms with van der Waals surface area (Å²) < 4.78 is 19.8. The normalized spacial score (nSPS) is 15.4. The highest BCUT2D eigenvalue weighted by atomic mass is 32.2. The van der Waals surface area contributed by atoms with Gasteiger partial charge in [-0.15, -0.1) is 11.3 Å². The maximum absolute atomic E-state index is 13.3. The number of aryl methyl sites for hydroxylation is 1. The molecule has 1 aliphatic rings. The van der Waals surface area contributed by atoms with Crippen molar-refractivity contribution in [3.63, 3.8) is 0 Å². The zero-order valence-electron chi connectivity index (χ0n) is 22.2. The number of thiazole rings is 1. The van der Waals surface area contributed by atoms with E-state index >= 15 is 0 Å². The first-order valence-electron chi connectivity index (χ1n) is 13.3. The first kappa shape index (κ1) is 25.7. The van der Waals surface area contributed by atoms with Gasteiger partial charge in [0.1, 0.15) is 22.4 Å². The predicted octanol–water partition coefficient (Wildman–Crippen LogP) is 4.99. The summed E-state index contributed by atoms with van der Waals surface area (Å²) >= 11 is 1.56. The van der Waals surface area contributed by atoms with Gasteiger partial charge in [-0.1, -0.05) is 17.7 Å². The molecule has 10 nitrogen and oxygen atoms in total. The quantitative estimate of drug-likeness (QED) is 0.296. The number of anilines is 1. The molecule has 41 heavy (non-hydrogen) atoms. The molecule has 1 amide bonds. The Balaban J connectivity index is 1.12. The average Bonchev–Trinajstić information content (AvgIpc) is 3.75. The lowest BCUT2D eigenvalue weighted by molar-refractivity contribution is 0.102. The van der Waals surface area contributed by atoms with Crippen LogP contribution in [0.1, 0.15) is 40.4 Å². The van der Waals surface area contributed by atoms with E-state index in [1.165, 1.54) is 6.20 Å². The van der Waals surface area contributed by atoms with Crippen LogP contribution in [-0.4, -0.2) is 56.9 Å². The van der Waals surface area contributed by atoms with Crippen LogP contribution >= 0.6 is 11.3 Å². The summed E-state index contributed by atoms with van der Waals surface area (Å²) in [5.74, 6) is 0.447. The van der Waals surface area contributed by atoms with E-state index in [9.17, 15) is 9.00 Å². The van der Waals surface area contributed by atoms with Crippen LogP contribution in [-0.2, 0) is 11.0 Å². The number of nitrogens with one attached hydrogen (secondary N) is 1. The molecule has 1 saturated heterocycles. The molecule has 5 heterocycles. The molecule has 0 spiro atoms. The van der Waals surface area contributed by atoms with E-state index < -0.39 is 11.0 Å². The Labute approximate surface area is 242 Å². The lowest BCUT2D eigenvalue weighted by atomic mass is 9.95. The fourth-order valence-corrected chi connectivity index (χ4v) is 7.19. The van der Waals surface area contributed by atoms with Crippen LogP contribution in [0.3, 0.4) is 0 Å². The first-order chi connectivity index (χ1) is 20.0. The summed E-state index contributed by atoms with van der Waals surface area (Å²) in [5.41, 5.74) is 6.50. The van der Waals surface area contributed by atoms with Crippen LogP contribution in [0.4, 0.5) is 5.82 Å². The number of fused-ring (bicyclic) bond motifs is 2. The molecule has 1 unspecified atom stereocenters. The molecule has 0 aliphatic carbocycles. The molecular weight excluding hydrogens is 557 g/mol. The highest BCUT2D eigenvalue weighted by Crippen LogP contribution is 2.32. The second-order valence-electron chi connectivity index (χ2n) is 10.0. The topological polar surface area (TPSA) is 110 Å². The van der Waals surface area contributed by atoms with Gasteiger partial charge >= 0.3 is 0 Å². The molecule has 1 fully saturated rings. The van der Waals surface area contributed by atoms with E-state index in [1.54, 1.807) is 39.0 Å². The summed E-state index contributed by atoms with van der Waals surface area (Å²) in [6, 6.07) is 17.6. The van der Waals surface area contributed by atoms with Crippen molar-refractivity contribution in [1.82, 2.24) is 33.7 Å². The molecule has 6 aromatic rings. The smallest absolute Gasteiger partial charge is 0.262 e. The van der Waals surface area contributed by atoms with Gasteiger partial charge in [0.15, 0.2) is 5.65 Å². The van der Waals surface area contributed by atoms with Gasteiger partial charge in [0.25, 0.3) is 5.91 Å².